The summed E-state index contributed by atoms with van der Waals surface area (Å²) in [5.41, 5.74) is 3.28. The van der Waals surface area contributed by atoms with Crippen molar-refractivity contribution >= 4 is 29.5 Å². The zero-order valence-corrected chi connectivity index (χ0v) is 32.3. The summed E-state index contributed by atoms with van der Waals surface area (Å²) in [6.45, 7) is 5.89. The maximum Gasteiger partial charge on any atom is 0.416 e. The average Bonchev–Trinajstić information content (AvgIpc) is 3.20. The number of halogens is 3. The van der Waals surface area contributed by atoms with E-state index in [0.717, 1.165) is 34.5 Å². The van der Waals surface area contributed by atoms with Gasteiger partial charge in [0.25, 0.3) is 0 Å². The Morgan fingerprint density at radius 3 is 2.07 bits per heavy atom. The first-order valence-electron chi connectivity index (χ1n) is 18.5. The summed E-state index contributed by atoms with van der Waals surface area (Å²) in [7, 11) is 5.25. The number of carbonyl (C=O) groups excluding carboxylic acids is 3. The smallest absolute Gasteiger partial charge is 0.416 e. The molecule has 0 saturated carbocycles. The highest BCUT2D eigenvalue weighted by Gasteiger charge is 2.32. The average molecular weight is 771 g/mol. The van der Waals surface area contributed by atoms with E-state index in [-0.39, 0.29) is 24.8 Å². The molecule has 0 N–H and O–H groups in total. The van der Waals surface area contributed by atoms with Crippen LogP contribution in [0.1, 0.15) is 34.7 Å². The van der Waals surface area contributed by atoms with Crippen molar-refractivity contribution in [3.63, 3.8) is 0 Å². The van der Waals surface area contributed by atoms with Crippen molar-refractivity contribution in [3.8, 4) is 5.88 Å². The third-order valence-electron chi connectivity index (χ3n) is 9.90. The standard InChI is InChI=1S/C43H49F3N6O4/c1-32(53)50-24-26-51(27-25-50)38-18-12-35(13-19-38)31-52(41(54)21-15-33-10-16-37(17-11-33)43(44,45)46)39(28-34-8-6-5-7-9-34)42(55)49(3)23-22-48(2)30-36-14-20-40(56-4)47-29-36/h5-21,29,39H,22-28,30-31H2,1-4H3. The maximum absolute atomic E-state index is 14.5. The number of hydrogen-bond donors (Lipinski definition) is 0. The van der Waals surface area contributed by atoms with Crippen LogP contribution in [0.15, 0.2) is 103 Å². The van der Waals surface area contributed by atoms with Crippen molar-refractivity contribution in [2.75, 3.05) is 65.4 Å². The molecule has 1 aromatic heterocycles. The number of anilines is 1. The van der Waals surface area contributed by atoms with Crippen LogP contribution in [0.3, 0.4) is 0 Å². The van der Waals surface area contributed by atoms with E-state index in [9.17, 15) is 27.6 Å². The van der Waals surface area contributed by atoms with Gasteiger partial charge in [-0.25, -0.2) is 4.98 Å². The molecule has 1 atom stereocenters. The number of benzene rings is 3. The highest BCUT2D eigenvalue weighted by Crippen LogP contribution is 2.29. The summed E-state index contributed by atoms with van der Waals surface area (Å²) in [4.78, 5) is 54.1. The molecule has 0 radical (unpaired) electrons. The van der Waals surface area contributed by atoms with Gasteiger partial charge in [0.2, 0.25) is 23.6 Å². The zero-order chi connectivity index (χ0) is 40.2. The number of methoxy groups -OCH3 is 1. The van der Waals surface area contributed by atoms with Gasteiger partial charge in [-0.05, 0) is 59.6 Å². The summed E-state index contributed by atoms with van der Waals surface area (Å²) < 4.78 is 44.8. The summed E-state index contributed by atoms with van der Waals surface area (Å²) in [5, 5.41) is 0. The lowest BCUT2D eigenvalue weighted by Crippen LogP contribution is -2.51. The van der Waals surface area contributed by atoms with Crippen molar-refractivity contribution in [2.24, 2.45) is 0 Å². The molecule has 3 amide bonds. The van der Waals surface area contributed by atoms with Crippen LogP contribution in [-0.4, -0.2) is 109 Å². The Morgan fingerprint density at radius 2 is 1.48 bits per heavy atom. The second-order valence-electron chi connectivity index (χ2n) is 14.0. The second-order valence-corrected chi connectivity index (χ2v) is 14.0. The number of piperazine rings is 1. The fourth-order valence-corrected chi connectivity index (χ4v) is 6.55. The molecule has 1 aliphatic rings. The van der Waals surface area contributed by atoms with Gasteiger partial charge in [-0.2, -0.15) is 13.2 Å². The van der Waals surface area contributed by atoms with Crippen LogP contribution in [-0.2, 0) is 40.1 Å². The number of aromatic nitrogens is 1. The van der Waals surface area contributed by atoms with Gasteiger partial charge in [0, 0.05) is 96.8 Å². The third kappa shape index (κ3) is 11.7. The normalized spacial score (nSPS) is 13.9. The predicted octanol–water partition coefficient (Wildman–Crippen LogP) is 6.02. The minimum absolute atomic E-state index is 0.0560. The molecule has 56 heavy (non-hydrogen) atoms. The van der Waals surface area contributed by atoms with Gasteiger partial charge in [0.15, 0.2) is 0 Å². The van der Waals surface area contributed by atoms with Crippen LogP contribution in [0.25, 0.3) is 6.08 Å². The largest absolute Gasteiger partial charge is 0.481 e. The Morgan fingerprint density at radius 1 is 0.821 bits per heavy atom. The number of carbonyl (C=O) groups is 3. The van der Waals surface area contributed by atoms with Gasteiger partial charge in [-0.3, -0.25) is 14.4 Å². The molecule has 0 aliphatic carbocycles. The Labute approximate surface area is 326 Å². The monoisotopic (exact) mass is 770 g/mol. The highest BCUT2D eigenvalue weighted by atomic mass is 19.4. The van der Waals surface area contributed by atoms with E-state index in [1.54, 1.807) is 43.1 Å². The van der Waals surface area contributed by atoms with Crippen LogP contribution in [0.4, 0.5) is 18.9 Å². The first kappa shape index (κ1) is 41.5. The number of alkyl halides is 3. The molecule has 0 spiro atoms. The van der Waals surface area contributed by atoms with Crippen molar-refractivity contribution in [1.29, 1.82) is 0 Å². The van der Waals surface area contributed by atoms with Crippen LogP contribution >= 0.6 is 0 Å². The molecular formula is C43H49F3N6O4. The van der Waals surface area contributed by atoms with Gasteiger partial charge in [0.05, 0.1) is 12.7 Å². The van der Waals surface area contributed by atoms with Crippen LogP contribution < -0.4 is 9.64 Å². The van der Waals surface area contributed by atoms with Crippen molar-refractivity contribution in [1.82, 2.24) is 24.6 Å². The number of likely N-dealkylation sites (N-methyl/N-ethyl adjacent to an activating group) is 2. The minimum Gasteiger partial charge on any atom is -0.481 e. The van der Waals surface area contributed by atoms with Crippen LogP contribution in [0.2, 0.25) is 0 Å². The molecule has 5 rings (SSSR count). The number of hydrogen-bond acceptors (Lipinski definition) is 7. The summed E-state index contributed by atoms with van der Waals surface area (Å²) >= 11 is 0. The van der Waals surface area contributed by atoms with E-state index in [2.05, 4.69) is 14.8 Å². The Kier molecular flexibility index (Phi) is 14.3. The number of nitrogens with zero attached hydrogens (tertiary/aromatic N) is 6. The molecule has 13 heteroatoms. The first-order valence-corrected chi connectivity index (χ1v) is 18.5. The Hall–Kier alpha value is -5.69. The summed E-state index contributed by atoms with van der Waals surface area (Å²) in [6.07, 6.45) is 0.300. The van der Waals surface area contributed by atoms with Gasteiger partial charge in [-0.15, -0.1) is 0 Å². The molecule has 1 unspecified atom stereocenters. The van der Waals surface area contributed by atoms with Gasteiger partial charge >= 0.3 is 6.18 Å². The number of ether oxygens (including phenoxy) is 1. The first-order chi connectivity index (χ1) is 26.8. The molecule has 2 heterocycles. The van der Waals surface area contributed by atoms with E-state index >= 15 is 0 Å². The molecule has 296 valence electrons. The number of rotatable bonds is 15. The Balaban J connectivity index is 1.39. The fraction of sp³-hybridized carbons (Fsp3) is 0.349. The number of amides is 3. The second kappa shape index (κ2) is 19.3. The van der Waals surface area contributed by atoms with E-state index < -0.39 is 23.7 Å². The van der Waals surface area contributed by atoms with Gasteiger partial charge in [0.1, 0.15) is 6.04 Å². The molecule has 1 aliphatic heterocycles. The van der Waals surface area contributed by atoms with Gasteiger partial charge in [-0.1, -0.05) is 60.7 Å². The van der Waals surface area contributed by atoms with Crippen LogP contribution in [0, 0.1) is 0 Å². The molecule has 3 aromatic carbocycles. The van der Waals surface area contributed by atoms with Crippen molar-refractivity contribution < 1.29 is 32.3 Å². The molecular weight excluding hydrogens is 722 g/mol. The highest BCUT2D eigenvalue weighted by molar-refractivity contribution is 5.95. The fourth-order valence-electron chi connectivity index (χ4n) is 6.55. The summed E-state index contributed by atoms with van der Waals surface area (Å²) in [5.74, 6) is -0.120. The predicted molar refractivity (Wildman–Crippen MR) is 211 cm³/mol. The van der Waals surface area contributed by atoms with E-state index in [1.165, 1.54) is 24.3 Å². The quantitative estimate of drug-likeness (QED) is 0.137. The van der Waals surface area contributed by atoms with E-state index in [1.807, 2.05) is 72.6 Å². The topological polar surface area (TPSA) is 89.5 Å². The molecule has 1 fully saturated rings. The molecule has 1 saturated heterocycles. The zero-order valence-electron chi connectivity index (χ0n) is 32.3. The van der Waals surface area contributed by atoms with E-state index in [0.29, 0.717) is 57.3 Å². The minimum atomic E-state index is -4.48. The third-order valence-corrected chi connectivity index (χ3v) is 9.90. The van der Waals surface area contributed by atoms with Crippen molar-refractivity contribution in [3.05, 3.63) is 131 Å². The lowest BCUT2D eigenvalue weighted by atomic mass is 10.0. The SMILES string of the molecule is COc1ccc(CN(C)CCN(C)C(=O)C(Cc2ccccc2)N(Cc2ccc(N3CCN(C(C)=O)CC3)cc2)C(=O)C=Cc2ccc(C(F)(F)F)cc2)cn1. The number of pyridine rings is 1. The summed E-state index contributed by atoms with van der Waals surface area (Å²) in [6, 6.07) is 24.7. The van der Waals surface area contributed by atoms with Gasteiger partial charge < -0.3 is 29.2 Å². The van der Waals surface area contributed by atoms with E-state index in [4.69, 9.17) is 4.74 Å². The van der Waals surface area contributed by atoms with Crippen LogP contribution in [0.5, 0.6) is 5.88 Å². The molecule has 10 nitrogen and oxygen atoms in total. The maximum atomic E-state index is 14.5. The van der Waals surface area contributed by atoms with Crippen molar-refractivity contribution in [2.45, 2.75) is 38.7 Å². The molecule has 0 bridgehead atoms. The Bertz CT molecular complexity index is 1910. The molecule has 4 aromatic rings. The lowest BCUT2D eigenvalue weighted by molar-refractivity contribution is -0.143. The lowest BCUT2D eigenvalue weighted by Gasteiger charge is -2.36.